The van der Waals surface area contributed by atoms with Crippen molar-refractivity contribution < 1.29 is 10.2 Å². The minimum Gasteiger partial charge on any atom is -0.507 e. The summed E-state index contributed by atoms with van der Waals surface area (Å²) < 4.78 is 0. The molecule has 0 saturated heterocycles. The van der Waals surface area contributed by atoms with Crippen molar-refractivity contribution in [3.8, 4) is 5.75 Å². The number of hydrogen-bond donors (Lipinski definition) is 2. The van der Waals surface area contributed by atoms with E-state index in [9.17, 15) is 10.2 Å². The summed E-state index contributed by atoms with van der Waals surface area (Å²) in [7, 11) is 0. The van der Waals surface area contributed by atoms with Gasteiger partial charge in [-0.2, -0.15) is 0 Å². The van der Waals surface area contributed by atoms with Crippen LogP contribution in [0.3, 0.4) is 0 Å². The fourth-order valence-corrected chi connectivity index (χ4v) is 2.27. The van der Waals surface area contributed by atoms with Crippen LogP contribution < -0.4 is 0 Å². The van der Waals surface area contributed by atoms with Gasteiger partial charge >= 0.3 is 0 Å². The van der Waals surface area contributed by atoms with Crippen molar-refractivity contribution >= 4 is 0 Å². The SMILES string of the molecule is Cc1ccc(Cc2c(CO)cc(C)c(C)c2O)cc1. The van der Waals surface area contributed by atoms with Crippen LogP contribution in [0.25, 0.3) is 0 Å². The Balaban J connectivity index is 2.44. The van der Waals surface area contributed by atoms with Crippen LogP contribution in [0.2, 0.25) is 0 Å². The average Bonchev–Trinajstić information content (AvgIpc) is 2.41. The van der Waals surface area contributed by atoms with Gasteiger partial charge in [0.05, 0.1) is 6.61 Å². The van der Waals surface area contributed by atoms with E-state index in [1.54, 1.807) is 0 Å². The molecule has 0 radical (unpaired) electrons. The van der Waals surface area contributed by atoms with Gasteiger partial charge in [0, 0.05) is 12.0 Å². The first kappa shape index (κ1) is 13.6. The van der Waals surface area contributed by atoms with Crippen molar-refractivity contribution in [1.82, 2.24) is 0 Å². The summed E-state index contributed by atoms with van der Waals surface area (Å²) in [6, 6.07) is 10.2. The second-order valence-corrected chi connectivity index (χ2v) is 5.13. The Morgan fingerprint density at radius 1 is 1.00 bits per heavy atom. The summed E-state index contributed by atoms with van der Waals surface area (Å²) in [4.78, 5) is 0. The molecule has 0 heterocycles. The lowest BCUT2D eigenvalue weighted by atomic mass is 9.93. The van der Waals surface area contributed by atoms with Crippen molar-refractivity contribution in [2.24, 2.45) is 0 Å². The molecule has 0 bridgehead atoms. The summed E-state index contributed by atoms with van der Waals surface area (Å²) in [6.45, 7) is 5.86. The minimum absolute atomic E-state index is 0.0458. The zero-order valence-electron chi connectivity index (χ0n) is 11.7. The lowest BCUT2D eigenvalue weighted by molar-refractivity contribution is 0.279. The number of aliphatic hydroxyl groups is 1. The normalized spacial score (nSPS) is 10.7. The summed E-state index contributed by atoms with van der Waals surface area (Å²) in [5.41, 5.74) is 5.89. The number of aliphatic hydroxyl groups excluding tert-OH is 1. The topological polar surface area (TPSA) is 40.5 Å². The number of benzene rings is 2. The molecular weight excluding hydrogens is 236 g/mol. The number of hydrogen-bond acceptors (Lipinski definition) is 2. The van der Waals surface area contributed by atoms with Gasteiger partial charge in [-0.1, -0.05) is 35.9 Å². The van der Waals surface area contributed by atoms with Crippen LogP contribution in [-0.2, 0) is 13.0 Å². The Morgan fingerprint density at radius 2 is 1.63 bits per heavy atom. The van der Waals surface area contributed by atoms with Crippen molar-refractivity contribution in [2.75, 3.05) is 0 Å². The highest BCUT2D eigenvalue weighted by Crippen LogP contribution is 2.30. The molecule has 0 aromatic heterocycles. The van der Waals surface area contributed by atoms with Gasteiger partial charge in [-0.05, 0) is 43.0 Å². The lowest BCUT2D eigenvalue weighted by Gasteiger charge is -2.14. The molecule has 0 atom stereocenters. The molecule has 2 aromatic carbocycles. The highest BCUT2D eigenvalue weighted by Gasteiger charge is 2.13. The molecule has 2 heteroatoms. The maximum Gasteiger partial charge on any atom is 0.122 e. The summed E-state index contributed by atoms with van der Waals surface area (Å²) in [5, 5.41) is 19.8. The van der Waals surface area contributed by atoms with Gasteiger partial charge in [0.1, 0.15) is 5.75 Å². The van der Waals surface area contributed by atoms with Gasteiger partial charge in [-0.15, -0.1) is 0 Å². The maximum absolute atomic E-state index is 10.3. The summed E-state index contributed by atoms with van der Waals surface area (Å²) in [6.07, 6.45) is 0.642. The molecule has 0 saturated carbocycles. The molecule has 0 aliphatic rings. The molecule has 2 nitrogen and oxygen atoms in total. The Hall–Kier alpha value is -1.80. The van der Waals surface area contributed by atoms with Gasteiger partial charge in [0.15, 0.2) is 0 Å². The van der Waals surface area contributed by atoms with E-state index in [0.717, 1.165) is 27.8 Å². The van der Waals surface area contributed by atoms with E-state index in [1.165, 1.54) is 5.56 Å². The maximum atomic E-state index is 10.3. The number of phenols is 1. The Morgan fingerprint density at radius 3 is 2.21 bits per heavy atom. The highest BCUT2D eigenvalue weighted by molar-refractivity contribution is 5.50. The quantitative estimate of drug-likeness (QED) is 0.883. The smallest absolute Gasteiger partial charge is 0.122 e. The molecule has 0 aliphatic carbocycles. The molecule has 0 spiro atoms. The van der Waals surface area contributed by atoms with Crippen LogP contribution in [0.5, 0.6) is 5.75 Å². The van der Waals surface area contributed by atoms with E-state index in [4.69, 9.17) is 0 Å². The first-order valence-corrected chi connectivity index (χ1v) is 6.50. The predicted molar refractivity (Wildman–Crippen MR) is 77.5 cm³/mol. The van der Waals surface area contributed by atoms with E-state index in [-0.39, 0.29) is 6.61 Å². The van der Waals surface area contributed by atoms with E-state index >= 15 is 0 Å². The highest BCUT2D eigenvalue weighted by atomic mass is 16.3. The van der Waals surface area contributed by atoms with Crippen LogP contribution in [0.4, 0.5) is 0 Å². The number of rotatable bonds is 3. The van der Waals surface area contributed by atoms with E-state index in [1.807, 2.05) is 19.9 Å². The molecule has 2 aromatic rings. The van der Waals surface area contributed by atoms with Crippen molar-refractivity contribution in [3.63, 3.8) is 0 Å². The molecule has 0 amide bonds. The molecule has 2 rings (SSSR count). The fraction of sp³-hybridized carbons (Fsp3) is 0.294. The fourth-order valence-electron chi connectivity index (χ4n) is 2.27. The van der Waals surface area contributed by atoms with Crippen LogP contribution in [-0.4, -0.2) is 10.2 Å². The van der Waals surface area contributed by atoms with Gasteiger partial charge in [0.25, 0.3) is 0 Å². The number of aryl methyl sites for hydroxylation is 2. The Labute approximate surface area is 114 Å². The molecule has 2 N–H and O–H groups in total. The third kappa shape index (κ3) is 2.79. The van der Waals surface area contributed by atoms with Crippen LogP contribution in [0.15, 0.2) is 30.3 Å². The average molecular weight is 256 g/mol. The van der Waals surface area contributed by atoms with Gasteiger partial charge in [-0.3, -0.25) is 0 Å². The second kappa shape index (κ2) is 5.45. The standard InChI is InChI=1S/C17H20O2/c1-11-4-6-14(7-5-11)9-16-15(10-18)8-12(2)13(3)17(16)19/h4-8,18-19H,9-10H2,1-3H3. The zero-order valence-corrected chi connectivity index (χ0v) is 11.7. The largest absolute Gasteiger partial charge is 0.507 e. The molecule has 0 fully saturated rings. The Bertz CT molecular complexity index is 583. The lowest BCUT2D eigenvalue weighted by Crippen LogP contribution is -2.00. The van der Waals surface area contributed by atoms with E-state index < -0.39 is 0 Å². The molecule has 0 unspecified atom stereocenters. The third-order valence-electron chi connectivity index (χ3n) is 3.68. The van der Waals surface area contributed by atoms with Gasteiger partial charge in [0.2, 0.25) is 0 Å². The van der Waals surface area contributed by atoms with Gasteiger partial charge < -0.3 is 10.2 Å². The molecule has 0 aliphatic heterocycles. The van der Waals surface area contributed by atoms with Crippen LogP contribution >= 0.6 is 0 Å². The number of aromatic hydroxyl groups is 1. The van der Waals surface area contributed by atoms with Crippen LogP contribution in [0, 0.1) is 20.8 Å². The van der Waals surface area contributed by atoms with Crippen molar-refractivity contribution in [1.29, 1.82) is 0 Å². The third-order valence-corrected chi connectivity index (χ3v) is 3.68. The van der Waals surface area contributed by atoms with E-state index in [0.29, 0.717) is 12.2 Å². The van der Waals surface area contributed by atoms with Crippen molar-refractivity contribution in [2.45, 2.75) is 33.8 Å². The summed E-state index contributed by atoms with van der Waals surface area (Å²) in [5.74, 6) is 0.310. The molecule has 100 valence electrons. The van der Waals surface area contributed by atoms with Crippen molar-refractivity contribution in [3.05, 3.63) is 63.7 Å². The molecular formula is C17H20O2. The predicted octanol–water partition coefficient (Wildman–Crippen LogP) is 3.40. The summed E-state index contributed by atoms with van der Waals surface area (Å²) >= 11 is 0. The monoisotopic (exact) mass is 256 g/mol. The van der Waals surface area contributed by atoms with Gasteiger partial charge in [-0.25, -0.2) is 0 Å². The first-order chi connectivity index (χ1) is 9.02. The number of phenolic OH excluding ortho intramolecular Hbond substituents is 1. The Kier molecular flexibility index (Phi) is 3.91. The van der Waals surface area contributed by atoms with Crippen LogP contribution in [0.1, 0.15) is 33.4 Å². The minimum atomic E-state index is -0.0458. The second-order valence-electron chi connectivity index (χ2n) is 5.13. The first-order valence-electron chi connectivity index (χ1n) is 6.50. The van der Waals surface area contributed by atoms with E-state index in [2.05, 4.69) is 31.2 Å². The zero-order chi connectivity index (χ0) is 14.0. The molecule has 19 heavy (non-hydrogen) atoms.